The van der Waals surface area contributed by atoms with E-state index in [-0.39, 0.29) is 39.7 Å². The first-order chi connectivity index (χ1) is 11.1. The molecule has 0 heterocycles. The fourth-order valence-corrected chi connectivity index (χ4v) is 6.19. The highest BCUT2D eigenvalue weighted by atomic mass is 35.5. The summed E-state index contributed by atoms with van der Waals surface area (Å²) in [6, 6.07) is 2.83. The largest absolute Gasteiger partial charge is 0.330 e. The Kier molecular flexibility index (Phi) is 7.47. The average molecular weight is 411 g/mol. The van der Waals surface area contributed by atoms with E-state index < -0.39 is 19.9 Å². The lowest BCUT2D eigenvalue weighted by Gasteiger charge is -2.31. The van der Waals surface area contributed by atoms with E-state index in [2.05, 4.69) is 4.72 Å². The van der Waals surface area contributed by atoms with Crippen LogP contribution >= 0.6 is 12.4 Å². The number of hydrogen-bond acceptors (Lipinski definition) is 5. The van der Waals surface area contributed by atoms with Crippen LogP contribution in [0.2, 0.25) is 0 Å². The first kappa shape index (κ1) is 22.4. The van der Waals surface area contributed by atoms with Gasteiger partial charge in [-0.25, -0.2) is 21.6 Å². The number of aryl methyl sites for hydroxylation is 1. The van der Waals surface area contributed by atoms with Gasteiger partial charge in [0.15, 0.2) is 9.84 Å². The zero-order valence-corrected chi connectivity index (χ0v) is 17.2. The number of halogens is 1. The van der Waals surface area contributed by atoms with Crippen molar-refractivity contribution in [3.63, 3.8) is 0 Å². The monoisotopic (exact) mass is 410 g/mol. The molecule has 0 aromatic heterocycles. The highest BCUT2D eigenvalue weighted by molar-refractivity contribution is 7.91. The van der Waals surface area contributed by atoms with E-state index in [9.17, 15) is 16.8 Å². The van der Waals surface area contributed by atoms with Gasteiger partial charge < -0.3 is 5.73 Å². The van der Waals surface area contributed by atoms with Crippen LogP contribution in [0.25, 0.3) is 0 Å². The van der Waals surface area contributed by atoms with Crippen molar-refractivity contribution in [3.8, 4) is 0 Å². The molecule has 25 heavy (non-hydrogen) atoms. The molecule has 0 bridgehead atoms. The molecule has 2 atom stereocenters. The van der Waals surface area contributed by atoms with E-state index in [1.165, 1.54) is 19.1 Å². The molecule has 144 valence electrons. The van der Waals surface area contributed by atoms with Gasteiger partial charge in [-0.15, -0.1) is 12.4 Å². The molecular weight excluding hydrogens is 384 g/mol. The summed E-state index contributed by atoms with van der Waals surface area (Å²) >= 11 is 0. The van der Waals surface area contributed by atoms with Gasteiger partial charge in [-0.05, 0) is 62.4 Å². The Balaban J connectivity index is 0.00000312. The van der Waals surface area contributed by atoms with E-state index >= 15 is 0 Å². The smallest absolute Gasteiger partial charge is 0.241 e. The van der Waals surface area contributed by atoms with Crippen LogP contribution in [0, 0.1) is 19.8 Å². The van der Waals surface area contributed by atoms with Crippen LogP contribution in [-0.4, -0.2) is 35.7 Å². The zero-order chi connectivity index (χ0) is 18.1. The van der Waals surface area contributed by atoms with Crippen molar-refractivity contribution in [2.75, 3.05) is 12.8 Å². The SMILES string of the molecule is Cc1cc(S(C)(=O)=O)c(C)c(S(=O)(=O)NC2CCCCC2CN)c1.Cl. The Labute approximate surface area is 157 Å². The lowest BCUT2D eigenvalue weighted by Crippen LogP contribution is -2.44. The van der Waals surface area contributed by atoms with E-state index in [4.69, 9.17) is 5.73 Å². The molecule has 9 heteroatoms. The molecule has 6 nitrogen and oxygen atoms in total. The standard InChI is InChI=1S/C16H26N2O4S2.ClH/c1-11-8-15(23(3,19)20)12(2)16(9-11)24(21,22)18-14-7-5-4-6-13(14)10-17;/h8-9,13-14,18H,4-7,10,17H2,1-3H3;1H. The third-order valence-electron chi connectivity index (χ3n) is 4.66. The first-order valence-electron chi connectivity index (χ1n) is 8.10. The van der Waals surface area contributed by atoms with E-state index in [0.717, 1.165) is 31.9 Å². The minimum Gasteiger partial charge on any atom is -0.330 e. The Bertz CT molecular complexity index is 823. The summed E-state index contributed by atoms with van der Waals surface area (Å²) < 4.78 is 52.4. The second-order valence-electron chi connectivity index (χ2n) is 6.67. The van der Waals surface area contributed by atoms with Crippen molar-refractivity contribution in [2.24, 2.45) is 11.7 Å². The van der Waals surface area contributed by atoms with Gasteiger partial charge in [-0.2, -0.15) is 0 Å². The maximum Gasteiger partial charge on any atom is 0.241 e. The molecule has 1 aromatic carbocycles. The second kappa shape index (κ2) is 8.35. The molecule has 1 saturated carbocycles. The number of sulfone groups is 1. The van der Waals surface area contributed by atoms with Crippen LogP contribution in [-0.2, 0) is 19.9 Å². The van der Waals surface area contributed by atoms with Crippen molar-refractivity contribution in [3.05, 3.63) is 23.3 Å². The van der Waals surface area contributed by atoms with E-state index in [1.807, 2.05) is 0 Å². The number of sulfonamides is 1. The first-order valence-corrected chi connectivity index (χ1v) is 11.5. The van der Waals surface area contributed by atoms with Crippen molar-refractivity contribution >= 4 is 32.3 Å². The number of nitrogens with one attached hydrogen (secondary N) is 1. The molecular formula is C16H27ClN2O4S2. The second-order valence-corrected chi connectivity index (χ2v) is 10.3. The maximum atomic E-state index is 12.9. The van der Waals surface area contributed by atoms with Gasteiger partial charge in [-0.1, -0.05) is 12.8 Å². The molecule has 1 aliphatic rings. The summed E-state index contributed by atoms with van der Waals surface area (Å²) in [7, 11) is -7.31. The molecule has 1 aliphatic carbocycles. The van der Waals surface area contributed by atoms with Crippen LogP contribution in [0.1, 0.15) is 36.8 Å². The van der Waals surface area contributed by atoms with E-state index in [0.29, 0.717) is 12.1 Å². The van der Waals surface area contributed by atoms with Gasteiger partial charge in [0.1, 0.15) is 0 Å². The molecule has 0 amide bonds. The number of hydrogen-bond donors (Lipinski definition) is 2. The molecule has 3 N–H and O–H groups in total. The van der Waals surface area contributed by atoms with Crippen molar-refractivity contribution in [1.29, 1.82) is 0 Å². The number of rotatable bonds is 5. The van der Waals surface area contributed by atoms with Crippen molar-refractivity contribution in [1.82, 2.24) is 4.72 Å². The highest BCUT2D eigenvalue weighted by Gasteiger charge is 2.30. The summed E-state index contributed by atoms with van der Waals surface area (Å²) in [5.74, 6) is 0.119. The van der Waals surface area contributed by atoms with Crippen molar-refractivity contribution in [2.45, 2.75) is 55.4 Å². The normalized spacial score (nSPS) is 21.6. The van der Waals surface area contributed by atoms with Crippen LogP contribution in [0.5, 0.6) is 0 Å². The molecule has 0 saturated heterocycles. The summed E-state index contributed by atoms with van der Waals surface area (Å²) in [6.45, 7) is 3.66. The lowest BCUT2D eigenvalue weighted by atomic mass is 9.85. The Morgan fingerprint density at radius 3 is 2.20 bits per heavy atom. The summed E-state index contributed by atoms with van der Waals surface area (Å²) in [5.41, 5.74) is 6.63. The van der Waals surface area contributed by atoms with Crippen LogP contribution in [0.3, 0.4) is 0 Å². The van der Waals surface area contributed by atoms with Gasteiger partial charge in [-0.3, -0.25) is 0 Å². The van der Waals surface area contributed by atoms with Gasteiger partial charge in [0, 0.05) is 12.3 Å². The minimum absolute atomic E-state index is 0. The Morgan fingerprint density at radius 1 is 1.08 bits per heavy atom. The maximum absolute atomic E-state index is 12.9. The molecule has 2 unspecified atom stereocenters. The summed E-state index contributed by atoms with van der Waals surface area (Å²) in [6.07, 6.45) is 4.77. The molecule has 1 fully saturated rings. The Morgan fingerprint density at radius 2 is 1.64 bits per heavy atom. The number of benzene rings is 1. The predicted molar refractivity (Wildman–Crippen MR) is 101 cm³/mol. The molecule has 0 aliphatic heterocycles. The third kappa shape index (κ3) is 5.17. The van der Waals surface area contributed by atoms with Crippen molar-refractivity contribution < 1.29 is 16.8 Å². The van der Waals surface area contributed by atoms with Crippen LogP contribution in [0.4, 0.5) is 0 Å². The average Bonchev–Trinajstić information content (AvgIpc) is 2.48. The molecule has 0 radical (unpaired) electrons. The summed E-state index contributed by atoms with van der Waals surface area (Å²) in [4.78, 5) is 0.0890. The van der Waals surface area contributed by atoms with Gasteiger partial charge in [0.25, 0.3) is 0 Å². The summed E-state index contributed by atoms with van der Waals surface area (Å²) in [5, 5.41) is 0. The molecule has 0 spiro atoms. The topological polar surface area (TPSA) is 106 Å². The third-order valence-corrected chi connectivity index (χ3v) is 7.50. The van der Waals surface area contributed by atoms with Gasteiger partial charge >= 0.3 is 0 Å². The lowest BCUT2D eigenvalue weighted by molar-refractivity contribution is 0.296. The van der Waals surface area contributed by atoms with Crippen LogP contribution < -0.4 is 10.5 Å². The Hall–Kier alpha value is -0.670. The zero-order valence-electron chi connectivity index (χ0n) is 14.8. The quantitative estimate of drug-likeness (QED) is 0.771. The number of nitrogens with two attached hydrogens (primary N) is 1. The van der Waals surface area contributed by atoms with E-state index in [1.54, 1.807) is 6.92 Å². The van der Waals surface area contributed by atoms with Gasteiger partial charge in [0.05, 0.1) is 9.79 Å². The predicted octanol–water partition coefficient (Wildman–Crippen LogP) is 1.92. The minimum atomic E-state index is -3.81. The fraction of sp³-hybridized carbons (Fsp3) is 0.625. The molecule has 2 rings (SSSR count). The molecule has 1 aromatic rings. The van der Waals surface area contributed by atoms with Gasteiger partial charge in [0.2, 0.25) is 10.0 Å². The fourth-order valence-electron chi connectivity index (χ4n) is 3.37. The highest BCUT2D eigenvalue weighted by Crippen LogP contribution is 2.28. The van der Waals surface area contributed by atoms with Crippen LogP contribution in [0.15, 0.2) is 21.9 Å².